The summed E-state index contributed by atoms with van der Waals surface area (Å²) in [5.74, 6) is 1.03. The van der Waals surface area contributed by atoms with Gasteiger partial charge in [0, 0.05) is 37.9 Å². The first-order chi connectivity index (χ1) is 15.0. The first kappa shape index (κ1) is 21.3. The molecule has 0 unspecified atom stereocenters. The monoisotopic (exact) mass is 417 g/mol. The molecule has 2 heterocycles. The predicted molar refractivity (Wildman–Crippen MR) is 122 cm³/mol. The summed E-state index contributed by atoms with van der Waals surface area (Å²) in [5, 5.41) is 3.03. The Kier molecular flexibility index (Phi) is 6.21. The van der Waals surface area contributed by atoms with E-state index in [1.54, 1.807) is 12.3 Å². The van der Waals surface area contributed by atoms with E-state index in [1.165, 1.54) is 0 Å². The number of aromatic nitrogens is 1. The molecule has 1 aromatic heterocycles. The van der Waals surface area contributed by atoms with E-state index in [2.05, 4.69) is 42.0 Å². The van der Waals surface area contributed by atoms with Gasteiger partial charge in [0.1, 0.15) is 0 Å². The molecule has 4 rings (SSSR count). The van der Waals surface area contributed by atoms with Crippen LogP contribution in [0.2, 0.25) is 0 Å². The highest BCUT2D eigenvalue weighted by Gasteiger charge is 2.46. The molecule has 2 aliphatic rings. The summed E-state index contributed by atoms with van der Waals surface area (Å²) < 4.78 is 0. The molecule has 2 amide bonds. The number of piperidine rings is 1. The fraction of sp³-hybridized carbons (Fsp3) is 0.423. The third kappa shape index (κ3) is 4.71. The molecule has 0 radical (unpaired) electrons. The number of nitrogens with one attached hydrogen (secondary N) is 1. The zero-order valence-corrected chi connectivity index (χ0v) is 18.2. The van der Waals surface area contributed by atoms with Gasteiger partial charge < -0.3 is 10.2 Å². The van der Waals surface area contributed by atoms with Crippen LogP contribution in [0.3, 0.4) is 0 Å². The normalized spacial score (nSPS) is 21.9. The minimum atomic E-state index is -0.511. The van der Waals surface area contributed by atoms with Gasteiger partial charge in [0.25, 0.3) is 0 Å². The topological polar surface area (TPSA) is 62.3 Å². The summed E-state index contributed by atoms with van der Waals surface area (Å²) in [6, 6.07) is 12.3. The van der Waals surface area contributed by atoms with Crippen LogP contribution in [0.15, 0.2) is 61.4 Å². The maximum Gasteiger partial charge on any atom is 0.226 e. The summed E-state index contributed by atoms with van der Waals surface area (Å²) in [4.78, 5) is 32.1. The lowest BCUT2D eigenvalue weighted by atomic mass is 9.72. The number of hydrogen-bond donors (Lipinski definition) is 1. The minimum absolute atomic E-state index is 0.0612. The molecule has 1 aromatic carbocycles. The lowest BCUT2D eigenvalue weighted by molar-refractivity contribution is -0.141. The molecule has 31 heavy (non-hydrogen) atoms. The van der Waals surface area contributed by atoms with E-state index in [1.807, 2.05) is 29.3 Å². The second-order valence-electron chi connectivity index (χ2n) is 9.04. The number of carbonyl (C=O) groups excluding carboxylic acids is 2. The summed E-state index contributed by atoms with van der Waals surface area (Å²) in [5.41, 5.74) is 2.78. The van der Waals surface area contributed by atoms with Gasteiger partial charge in [-0.05, 0) is 54.4 Å². The van der Waals surface area contributed by atoms with E-state index in [0.717, 1.165) is 23.1 Å². The van der Waals surface area contributed by atoms with Crippen LogP contribution in [0.1, 0.15) is 31.7 Å². The first-order valence-electron chi connectivity index (χ1n) is 11.2. The van der Waals surface area contributed by atoms with Crippen LogP contribution in [-0.4, -0.2) is 41.3 Å². The van der Waals surface area contributed by atoms with Gasteiger partial charge in [0.05, 0.1) is 5.41 Å². The molecule has 5 heteroatoms. The summed E-state index contributed by atoms with van der Waals surface area (Å²) in [6.45, 7) is 7.60. The third-order valence-corrected chi connectivity index (χ3v) is 6.81. The van der Waals surface area contributed by atoms with E-state index in [9.17, 15) is 9.59 Å². The number of rotatable bonds is 7. The molecule has 1 N–H and O–H groups in total. The standard InChI is InChI=1S/C26H31N3O2/c1-3-11-28-25(31)26(9-13-29(14-10-26)24(30)23-15-19(23)2)17-20-6-4-7-21(16-20)22-8-5-12-27-18-22/h3-8,12,16,18-19,23H,1,9-11,13-15,17H2,2H3,(H,28,31)/t19-,23-/m1/s1. The number of nitrogens with zero attached hydrogens (tertiary/aromatic N) is 2. The second kappa shape index (κ2) is 9.04. The number of hydrogen-bond acceptors (Lipinski definition) is 3. The average molecular weight is 418 g/mol. The Labute approximate surface area is 184 Å². The van der Waals surface area contributed by atoms with E-state index in [4.69, 9.17) is 0 Å². The number of pyridine rings is 1. The van der Waals surface area contributed by atoms with Crippen molar-refractivity contribution in [3.05, 3.63) is 67.0 Å². The van der Waals surface area contributed by atoms with Gasteiger partial charge >= 0.3 is 0 Å². The van der Waals surface area contributed by atoms with Crippen LogP contribution < -0.4 is 5.32 Å². The maximum absolute atomic E-state index is 13.2. The summed E-state index contributed by atoms with van der Waals surface area (Å²) in [7, 11) is 0. The molecule has 2 aromatic rings. The molecule has 1 saturated heterocycles. The SMILES string of the molecule is C=CCNC(=O)C1(Cc2cccc(-c3cccnc3)c2)CCN(C(=O)[C@@H]2C[C@H]2C)CC1. The van der Waals surface area contributed by atoms with Crippen molar-refractivity contribution in [2.45, 2.75) is 32.6 Å². The van der Waals surface area contributed by atoms with Crippen molar-refractivity contribution in [3.8, 4) is 11.1 Å². The van der Waals surface area contributed by atoms with E-state index < -0.39 is 5.41 Å². The molecule has 1 aliphatic heterocycles. The highest BCUT2D eigenvalue weighted by atomic mass is 16.2. The molecular formula is C26H31N3O2. The molecule has 2 fully saturated rings. The number of carbonyl (C=O) groups is 2. The number of likely N-dealkylation sites (tertiary alicyclic amines) is 1. The smallest absolute Gasteiger partial charge is 0.226 e. The Morgan fingerprint density at radius 3 is 2.61 bits per heavy atom. The van der Waals surface area contributed by atoms with Crippen LogP contribution in [0.25, 0.3) is 11.1 Å². The van der Waals surface area contributed by atoms with Gasteiger partial charge in [-0.25, -0.2) is 0 Å². The predicted octanol–water partition coefficient (Wildman–Crippen LogP) is 3.86. The fourth-order valence-electron chi connectivity index (χ4n) is 4.68. The second-order valence-corrected chi connectivity index (χ2v) is 9.04. The quantitative estimate of drug-likeness (QED) is 0.696. The molecule has 1 aliphatic carbocycles. The van der Waals surface area contributed by atoms with E-state index in [0.29, 0.717) is 44.8 Å². The molecule has 0 spiro atoms. The number of amides is 2. The largest absolute Gasteiger partial charge is 0.352 e. The Hall–Kier alpha value is -2.95. The van der Waals surface area contributed by atoms with Crippen molar-refractivity contribution in [3.63, 3.8) is 0 Å². The van der Waals surface area contributed by atoms with Gasteiger partial charge in [-0.15, -0.1) is 6.58 Å². The Bertz CT molecular complexity index is 948. The minimum Gasteiger partial charge on any atom is -0.352 e. The third-order valence-electron chi connectivity index (χ3n) is 6.81. The van der Waals surface area contributed by atoms with Gasteiger partial charge in [0.2, 0.25) is 11.8 Å². The molecule has 1 saturated carbocycles. The zero-order valence-electron chi connectivity index (χ0n) is 18.2. The highest BCUT2D eigenvalue weighted by molar-refractivity contribution is 5.85. The van der Waals surface area contributed by atoms with Gasteiger partial charge in [-0.2, -0.15) is 0 Å². The lowest BCUT2D eigenvalue weighted by Crippen LogP contribution is -2.51. The Morgan fingerprint density at radius 2 is 1.97 bits per heavy atom. The summed E-state index contributed by atoms with van der Waals surface area (Å²) in [6.07, 6.45) is 8.35. The zero-order chi connectivity index (χ0) is 21.8. The van der Waals surface area contributed by atoms with Crippen molar-refractivity contribution >= 4 is 11.8 Å². The van der Waals surface area contributed by atoms with E-state index >= 15 is 0 Å². The van der Waals surface area contributed by atoms with Crippen molar-refractivity contribution in [1.82, 2.24) is 15.2 Å². The lowest BCUT2D eigenvalue weighted by Gasteiger charge is -2.41. The molecule has 0 bridgehead atoms. The van der Waals surface area contributed by atoms with Crippen LogP contribution in [-0.2, 0) is 16.0 Å². The van der Waals surface area contributed by atoms with Crippen molar-refractivity contribution < 1.29 is 9.59 Å². The van der Waals surface area contributed by atoms with Gasteiger partial charge in [-0.3, -0.25) is 14.6 Å². The van der Waals surface area contributed by atoms with Crippen molar-refractivity contribution in [1.29, 1.82) is 0 Å². The number of benzene rings is 1. The van der Waals surface area contributed by atoms with Gasteiger partial charge in [0.15, 0.2) is 0 Å². The van der Waals surface area contributed by atoms with Crippen LogP contribution in [0.5, 0.6) is 0 Å². The van der Waals surface area contributed by atoms with Crippen LogP contribution in [0.4, 0.5) is 0 Å². The molecule has 162 valence electrons. The first-order valence-corrected chi connectivity index (χ1v) is 11.2. The van der Waals surface area contributed by atoms with Crippen LogP contribution >= 0.6 is 0 Å². The fourth-order valence-corrected chi connectivity index (χ4v) is 4.68. The molecular weight excluding hydrogens is 386 g/mol. The Balaban J connectivity index is 1.53. The summed E-state index contributed by atoms with van der Waals surface area (Å²) >= 11 is 0. The van der Waals surface area contributed by atoms with Gasteiger partial charge in [-0.1, -0.05) is 43.3 Å². The highest BCUT2D eigenvalue weighted by Crippen LogP contribution is 2.42. The average Bonchev–Trinajstić information content (AvgIpc) is 3.54. The Morgan fingerprint density at radius 1 is 1.23 bits per heavy atom. The molecule has 2 atom stereocenters. The molecule has 5 nitrogen and oxygen atoms in total. The van der Waals surface area contributed by atoms with E-state index in [-0.39, 0.29) is 17.7 Å². The maximum atomic E-state index is 13.2. The van der Waals surface area contributed by atoms with Crippen molar-refractivity contribution in [2.75, 3.05) is 19.6 Å². The van der Waals surface area contributed by atoms with Crippen LogP contribution in [0, 0.1) is 17.3 Å². The van der Waals surface area contributed by atoms with Crippen molar-refractivity contribution in [2.24, 2.45) is 17.3 Å².